The summed E-state index contributed by atoms with van der Waals surface area (Å²) < 4.78 is 12.3. The van der Waals surface area contributed by atoms with Crippen LogP contribution in [0.5, 0.6) is 11.5 Å². The molecule has 7 nitrogen and oxygen atoms in total. The lowest BCUT2D eigenvalue weighted by atomic mass is 9.99. The van der Waals surface area contributed by atoms with E-state index in [0.717, 1.165) is 21.5 Å². The highest BCUT2D eigenvalue weighted by Gasteiger charge is 2.36. The van der Waals surface area contributed by atoms with Gasteiger partial charge in [-0.2, -0.15) is 0 Å². The second kappa shape index (κ2) is 11.9. The van der Waals surface area contributed by atoms with E-state index < -0.39 is 17.8 Å². The van der Waals surface area contributed by atoms with Gasteiger partial charge in [-0.15, -0.1) is 0 Å². The van der Waals surface area contributed by atoms with E-state index in [9.17, 15) is 14.4 Å². The number of ether oxygens (including phenoxy) is 2. The van der Waals surface area contributed by atoms with Crippen LogP contribution in [0.2, 0.25) is 0 Å². The Balaban J connectivity index is 1.34. The highest BCUT2D eigenvalue weighted by Crippen LogP contribution is 2.25. The average molecular weight is 563 g/mol. The van der Waals surface area contributed by atoms with Gasteiger partial charge in [-0.1, -0.05) is 54.0 Å². The first-order valence-corrected chi connectivity index (χ1v) is 12.8. The summed E-state index contributed by atoms with van der Waals surface area (Å²) in [6.07, 6.45) is 2.55. The predicted octanol–water partition coefficient (Wildman–Crippen LogP) is 6.09. The minimum Gasteiger partial charge on any atom is -0.490 e. The van der Waals surface area contributed by atoms with Gasteiger partial charge in [0.15, 0.2) is 0 Å². The average Bonchev–Trinajstić information content (AvgIpc) is 2.90. The second-order valence-electron chi connectivity index (χ2n) is 8.58. The number of hydrogen-bond donors (Lipinski definition) is 1. The van der Waals surface area contributed by atoms with Crippen LogP contribution in [0, 0.1) is 0 Å². The molecule has 37 heavy (non-hydrogen) atoms. The van der Waals surface area contributed by atoms with Gasteiger partial charge in [0.05, 0.1) is 5.69 Å². The number of carbonyl (C=O) groups is 3. The van der Waals surface area contributed by atoms with Gasteiger partial charge in [0, 0.05) is 4.47 Å². The Morgan fingerprint density at radius 1 is 0.865 bits per heavy atom. The summed E-state index contributed by atoms with van der Waals surface area (Å²) in [6.45, 7) is 5.12. The molecule has 8 heteroatoms. The van der Waals surface area contributed by atoms with Crippen LogP contribution in [0.4, 0.5) is 10.5 Å². The Hall–Kier alpha value is -3.91. The van der Waals surface area contributed by atoms with Crippen LogP contribution in [0.25, 0.3) is 6.08 Å². The SMILES string of the molecule is CCC(C)c1ccc(OCCOc2ccc(C=C3C(=O)NC(=O)N(c4ccc(Br)cc4)C3=O)cc2)cc1. The van der Waals surface area contributed by atoms with Crippen molar-refractivity contribution in [2.24, 2.45) is 0 Å². The van der Waals surface area contributed by atoms with Crippen molar-refractivity contribution in [2.45, 2.75) is 26.2 Å². The fourth-order valence-corrected chi connectivity index (χ4v) is 4.02. The minimum absolute atomic E-state index is 0.135. The first kappa shape index (κ1) is 26.2. The summed E-state index contributed by atoms with van der Waals surface area (Å²) in [4.78, 5) is 38.6. The van der Waals surface area contributed by atoms with E-state index in [-0.39, 0.29) is 5.57 Å². The molecule has 1 atom stereocenters. The first-order valence-electron chi connectivity index (χ1n) is 12.0. The highest BCUT2D eigenvalue weighted by molar-refractivity contribution is 9.10. The first-order chi connectivity index (χ1) is 17.9. The van der Waals surface area contributed by atoms with Gasteiger partial charge in [-0.05, 0) is 78.1 Å². The van der Waals surface area contributed by atoms with Gasteiger partial charge in [0.1, 0.15) is 30.3 Å². The summed E-state index contributed by atoms with van der Waals surface area (Å²) in [5.41, 5.74) is 2.14. The van der Waals surface area contributed by atoms with E-state index in [0.29, 0.717) is 36.1 Å². The van der Waals surface area contributed by atoms with Crippen LogP contribution in [0.1, 0.15) is 37.3 Å². The molecule has 190 valence electrons. The number of imide groups is 2. The molecule has 4 amide bonds. The Labute approximate surface area is 224 Å². The van der Waals surface area contributed by atoms with Crippen molar-refractivity contribution in [3.8, 4) is 11.5 Å². The van der Waals surface area contributed by atoms with Crippen molar-refractivity contribution in [1.82, 2.24) is 5.32 Å². The molecule has 1 unspecified atom stereocenters. The maximum Gasteiger partial charge on any atom is 0.335 e. The third-order valence-corrected chi connectivity index (χ3v) is 6.59. The van der Waals surface area contributed by atoms with Crippen LogP contribution in [0.3, 0.4) is 0 Å². The maximum atomic E-state index is 13.0. The van der Waals surface area contributed by atoms with Crippen molar-refractivity contribution in [1.29, 1.82) is 0 Å². The van der Waals surface area contributed by atoms with Crippen molar-refractivity contribution in [3.05, 3.63) is 94.0 Å². The lowest BCUT2D eigenvalue weighted by molar-refractivity contribution is -0.122. The van der Waals surface area contributed by atoms with E-state index in [1.54, 1.807) is 48.5 Å². The smallest absolute Gasteiger partial charge is 0.335 e. The van der Waals surface area contributed by atoms with Gasteiger partial charge >= 0.3 is 6.03 Å². The molecule has 3 aromatic carbocycles. The Bertz CT molecular complexity index is 1300. The Kier molecular flexibility index (Phi) is 8.40. The predicted molar refractivity (Wildman–Crippen MR) is 146 cm³/mol. The molecular weight excluding hydrogens is 536 g/mol. The number of barbiturate groups is 1. The second-order valence-corrected chi connectivity index (χ2v) is 9.49. The molecule has 0 saturated carbocycles. The zero-order chi connectivity index (χ0) is 26.4. The summed E-state index contributed by atoms with van der Waals surface area (Å²) >= 11 is 3.32. The third kappa shape index (κ3) is 6.46. The number of amides is 4. The zero-order valence-corrected chi connectivity index (χ0v) is 22.2. The normalized spacial score (nSPS) is 15.5. The van der Waals surface area contributed by atoms with Crippen molar-refractivity contribution in [3.63, 3.8) is 0 Å². The van der Waals surface area contributed by atoms with Crippen LogP contribution in [0.15, 0.2) is 82.8 Å². The van der Waals surface area contributed by atoms with Gasteiger partial charge in [-0.3, -0.25) is 14.9 Å². The number of nitrogens with one attached hydrogen (secondary N) is 1. The quantitative estimate of drug-likeness (QED) is 0.194. The molecule has 0 bridgehead atoms. The molecule has 0 aromatic heterocycles. The number of benzene rings is 3. The van der Waals surface area contributed by atoms with Gasteiger partial charge < -0.3 is 9.47 Å². The Morgan fingerprint density at radius 2 is 1.43 bits per heavy atom. The molecule has 4 rings (SSSR count). The van der Waals surface area contributed by atoms with E-state index in [1.165, 1.54) is 11.6 Å². The molecule has 3 aromatic rings. The lowest BCUT2D eigenvalue weighted by Gasteiger charge is -2.26. The topological polar surface area (TPSA) is 84.9 Å². The van der Waals surface area contributed by atoms with Crippen LogP contribution in [-0.2, 0) is 9.59 Å². The molecule has 1 fully saturated rings. The molecule has 1 heterocycles. The molecule has 1 N–H and O–H groups in total. The van der Waals surface area contributed by atoms with Crippen LogP contribution < -0.4 is 19.7 Å². The molecule has 0 aliphatic carbocycles. The van der Waals surface area contributed by atoms with Gasteiger partial charge in [0.2, 0.25) is 0 Å². The standard InChI is InChI=1S/C29H27BrN2O5/c1-3-19(2)21-6-14-25(15-7-21)37-17-16-36-24-12-4-20(5-13-24)18-26-27(33)31-29(35)32(28(26)34)23-10-8-22(30)9-11-23/h4-15,18-19H,3,16-17H2,1-2H3,(H,31,33,35). The Morgan fingerprint density at radius 3 is 2.00 bits per heavy atom. The molecule has 1 aliphatic rings. The molecule has 1 aliphatic heterocycles. The number of hydrogen-bond acceptors (Lipinski definition) is 5. The number of rotatable bonds is 9. The largest absolute Gasteiger partial charge is 0.490 e. The number of nitrogens with zero attached hydrogens (tertiary/aromatic N) is 1. The molecule has 0 radical (unpaired) electrons. The van der Waals surface area contributed by atoms with Gasteiger partial charge in [0.25, 0.3) is 11.8 Å². The molecule has 0 spiro atoms. The maximum absolute atomic E-state index is 13.0. The number of urea groups is 1. The number of carbonyl (C=O) groups excluding carboxylic acids is 3. The fourth-order valence-electron chi connectivity index (χ4n) is 3.76. The van der Waals surface area contributed by atoms with Crippen LogP contribution >= 0.6 is 15.9 Å². The monoisotopic (exact) mass is 562 g/mol. The van der Waals surface area contributed by atoms with E-state index >= 15 is 0 Å². The molecule has 1 saturated heterocycles. The van der Waals surface area contributed by atoms with E-state index in [4.69, 9.17) is 9.47 Å². The summed E-state index contributed by atoms with van der Waals surface area (Å²) in [5.74, 6) is 0.519. The van der Waals surface area contributed by atoms with E-state index in [1.807, 2.05) is 12.1 Å². The van der Waals surface area contributed by atoms with Crippen molar-refractivity contribution in [2.75, 3.05) is 18.1 Å². The summed E-state index contributed by atoms with van der Waals surface area (Å²) in [7, 11) is 0. The zero-order valence-electron chi connectivity index (χ0n) is 20.6. The molecular formula is C29H27BrN2O5. The van der Waals surface area contributed by atoms with Crippen LogP contribution in [-0.4, -0.2) is 31.1 Å². The van der Waals surface area contributed by atoms with Crippen molar-refractivity contribution >= 4 is 45.5 Å². The van der Waals surface area contributed by atoms with Crippen molar-refractivity contribution < 1.29 is 23.9 Å². The minimum atomic E-state index is -0.785. The third-order valence-electron chi connectivity index (χ3n) is 6.06. The highest BCUT2D eigenvalue weighted by atomic mass is 79.9. The number of halogens is 1. The number of anilines is 1. The summed E-state index contributed by atoms with van der Waals surface area (Å²) in [6, 6.07) is 20.9. The fraction of sp³-hybridized carbons (Fsp3) is 0.207. The van der Waals surface area contributed by atoms with Gasteiger partial charge in [-0.25, -0.2) is 9.69 Å². The summed E-state index contributed by atoms with van der Waals surface area (Å²) in [5, 5.41) is 2.22. The van der Waals surface area contributed by atoms with E-state index in [2.05, 4.69) is 47.2 Å². The lowest BCUT2D eigenvalue weighted by Crippen LogP contribution is -2.54.